The van der Waals surface area contributed by atoms with E-state index in [2.05, 4.69) is 47.2 Å². The summed E-state index contributed by atoms with van der Waals surface area (Å²) in [5.74, 6) is 2.21. The SMILES string of the molecule is CN(C)c1ccc(-c2ccc3c(c2)OCC(C)(C)C3NC(=O)O[C@H]2CN3CCC2CC3)cn1. The van der Waals surface area contributed by atoms with Crippen molar-refractivity contribution < 1.29 is 14.3 Å². The van der Waals surface area contributed by atoms with E-state index in [0.717, 1.165) is 60.7 Å². The number of rotatable bonds is 4. The second kappa shape index (κ2) is 8.52. The van der Waals surface area contributed by atoms with Crippen LogP contribution in [0.2, 0.25) is 0 Å². The van der Waals surface area contributed by atoms with Crippen LogP contribution in [-0.2, 0) is 4.74 Å². The molecule has 176 valence electrons. The fourth-order valence-corrected chi connectivity index (χ4v) is 5.27. The number of piperidine rings is 3. The van der Waals surface area contributed by atoms with Crippen LogP contribution >= 0.6 is 0 Å². The highest BCUT2D eigenvalue weighted by atomic mass is 16.6. The van der Waals surface area contributed by atoms with Crippen LogP contribution in [0, 0.1) is 11.3 Å². The molecule has 7 heteroatoms. The first-order chi connectivity index (χ1) is 15.8. The van der Waals surface area contributed by atoms with E-state index in [1.54, 1.807) is 0 Å². The van der Waals surface area contributed by atoms with Crippen molar-refractivity contribution >= 4 is 11.9 Å². The van der Waals surface area contributed by atoms with Gasteiger partial charge in [-0.25, -0.2) is 9.78 Å². The molecule has 1 N–H and O–H groups in total. The molecule has 1 amide bonds. The third-order valence-electron chi connectivity index (χ3n) is 7.36. The van der Waals surface area contributed by atoms with E-state index in [4.69, 9.17) is 9.47 Å². The van der Waals surface area contributed by atoms with Crippen LogP contribution in [-0.4, -0.2) is 62.4 Å². The lowest BCUT2D eigenvalue weighted by molar-refractivity contribution is -0.0361. The van der Waals surface area contributed by atoms with Gasteiger partial charge in [0.1, 0.15) is 17.7 Å². The Balaban J connectivity index is 1.33. The molecule has 3 saturated heterocycles. The molecule has 0 radical (unpaired) electrons. The first-order valence-corrected chi connectivity index (χ1v) is 11.9. The van der Waals surface area contributed by atoms with Crippen LogP contribution in [0.25, 0.3) is 11.1 Å². The van der Waals surface area contributed by atoms with Crippen molar-refractivity contribution in [2.24, 2.45) is 11.3 Å². The summed E-state index contributed by atoms with van der Waals surface area (Å²) in [6.07, 6.45) is 3.79. The molecule has 2 bridgehead atoms. The zero-order valence-corrected chi connectivity index (χ0v) is 20.0. The molecular formula is C26H34N4O3. The molecule has 5 heterocycles. The van der Waals surface area contributed by atoms with E-state index < -0.39 is 0 Å². The molecule has 6 rings (SSSR count). The average molecular weight is 451 g/mol. The summed E-state index contributed by atoms with van der Waals surface area (Å²) < 4.78 is 12.1. The third-order valence-corrected chi connectivity index (χ3v) is 7.36. The molecule has 0 aliphatic carbocycles. The topological polar surface area (TPSA) is 66.9 Å². The van der Waals surface area contributed by atoms with Gasteiger partial charge in [0.05, 0.1) is 12.6 Å². The monoisotopic (exact) mass is 450 g/mol. The first kappa shape index (κ1) is 22.0. The highest BCUT2D eigenvalue weighted by Crippen LogP contribution is 2.44. The standard InChI is InChI=1S/C26H34N4O3/c1-26(2)16-32-21-13-18(19-6-8-23(27-14-19)29(3)4)5-7-20(21)24(26)28-25(31)33-22-15-30-11-9-17(22)10-12-30/h5-8,13-14,17,22,24H,9-12,15-16H2,1-4H3,(H,28,31)/t22-,24?/m0/s1. The number of aromatic nitrogens is 1. The number of carbonyl (C=O) groups excluding carboxylic acids is 1. The maximum absolute atomic E-state index is 12.9. The van der Waals surface area contributed by atoms with Crippen LogP contribution < -0.4 is 15.0 Å². The van der Waals surface area contributed by atoms with Crippen LogP contribution in [0.15, 0.2) is 36.5 Å². The minimum absolute atomic E-state index is 0.00469. The molecule has 1 aromatic carbocycles. The Labute approximate surface area is 196 Å². The molecule has 4 aliphatic rings. The summed E-state index contributed by atoms with van der Waals surface area (Å²) in [5, 5.41) is 3.17. The van der Waals surface area contributed by atoms with E-state index >= 15 is 0 Å². The minimum atomic E-state index is -0.327. The maximum Gasteiger partial charge on any atom is 0.407 e. The molecule has 0 spiro atoms. The van der Waals surface area contributed by atoms with Crippen LogP contribution in [0.3, 0.4) is 0 Å². The molecular weight excluding hydrogens is 416 g/mol. The Morgan fingerprint density at radius 3 is 2.58 bits per heavy atom. The second-order valence-corrected chi connectivity index (χ2v) is 10.5. The van der Waals surface area contributed by atoms with Gasteiger partial charge in [-0.1, -0.05) is 26.0 Å². The van der Waals surface area contributed by atoms with Crippen molar-refractivity contribution in [3.63, 3.8) is 0 Å². The fourth-order valence-electron chi connectivity index (χ4n) is 5.27. The third kappa shape index (κ3) is 4.38. The number of anilines is 1. The first-order valence-electron chi connectivity index (χ1n) is 11.9. The Bertz CT molecular complexity index is 1010. The lowest BCUT2D eigenvalue weighted by Crippen LogP contribution is -2.53. The number of ether oxygens (including phenoxy) is 2. The smallest absolute Gasteiger partial charge is 0.407 e. The lowest BCUT2D eigenvalue weighted by Gasteiger charge is -2.44. The van der Waals surface area contributed by atoms with Crippen molar-refractivity contribution in [2.45, 2.75) is 38.8 Å². The molecule has 0 saturated carbocycles. The van der Waals surface area contributed by atoms with E-state index in [-0.39, 0.29) is 23.7 Å². The van der Waals surface area contributed by atoms with Gasteiger partial charge in [-0.15, -0.1) is 0 Å². The van der Waals surface area contributed by atoms with Crippen molar-refractivity contribution in [1.82, 2.24) is 15.2 Å². The Kier molecular flexibility index (Phi) is 5.69. The van der Waals surface area contributed by atoms with Crippen LogP contribution in [0.5, 0.6) is 5.75 Å². The summed E-state index contributed by atoms with van der Waals surface area (Å²) in [6, 6.07) is 10.1. The molecule has 1 unspecified atom stereocenters. The van der Waals surface area contributed by atoms with Crippen molar-refractivity contribution in [2.75, 3.05) is 45.2 Å². The number of nitrogens with one attached hydrogen (secondary N) is 1. The Hall–Kier alpha value is -2.80. The number of fused-ring (bicyclic) bond motifs is 4. The highest BCUT2D eigenvalue weighted by Gasteiger charge is 2.41. The van der Waals surface area contributed by atoms with E-state index in [9.17, 15) is 4.79 Å². The van der Waals surface area contributed by atoms with Gasteiger partial charge in [0.15, 0.2) is 0 Å². The van der Waals surface area contributed by atoms with Crippen LogP contribution in [0.4, 0.5) is 10.6 Å². The Morgan fingerprint density at radius 1 is 1.18 bits per heavy atom. The molecule has 7 nitrogen and oxygen atoms in total. The number of alkyl carbamates (subject to hydrolysis) is 1. The molecule has 3 fully saturated rings. The number of amides is 1. The molecule has 2 aromatic rings. The second-order valence-electron chi connectivity index (χ2n) is 10.5. The number of carbonyl (C=O) groups is 1. The van der Waals surface area contributed by atoms with Gasteiger partial charge in [0.2, 0.25) is 0 Å². The zero-order chi connectivity index (χ0) is 23.2. The fraction of sp³-hybridized carbons (Fsp3) is 0.538. The number of hydrogen-bond donors (Lipinski definition) is 1. The van der Waals surface area contributed by atoms with Gasteiger partial charge in [0, 0.05) is 43.4 Å². The normalized spacial score (nSPS) is 27.3. The predicted molar refractivity (Wildman–Crippen MR) is 129 cm³/mol. The van der Waals surface area contributed by atoms with Gasteiger partial charge in [-0.2, -0.15) is 0 Å². The van der Waals surface area contributed by atoms with E-state index in [1.807, 2.05) is 37.3 Å². The molecule has 2 atom stereocenters. The molecule has 33 heavy (non-hydrogen) atoms. The summed E-state index contributed by atoms with van der Waals surface area (Å²) in [6.45, 7) is 7.87. The summed E-state index contributed by atoms with van der Waals surface area (Å²) in [4.78, 5) is 21.8. The van der Waals surface area contributed by atoms with E-state index in [1.165, 1.54) is 0 Å². The van der Waals surface area contributed by atoms with Gasteiger partial charge >= 0.3 is 6.09 Å². The van der Waals surface area contributed by atoms with Gasteiger partial charge in [-0.05, 0) is 55.6 Å². The number of pyridine rings is 1. The van der Waals surface area contributed by atoms with Crippen molar-refractivity contribution in [3.8, 4) is 16.9 Å². The van der Waals surface area contributed by atoms with Crippen LogP contribution in [0.1, 0.15) is 38.3 Å². The number of hydrogen-bond acceptors (Lipinski definition) is 6. The maximum atomic E-state index is 12.9. The van der Waals surface area contributed by atoms with Gasteiger partial charge < -0.3 is 19.7 Å². The average Bonchev–Trinajstić information content (AvgIpc) is 2.81. The van der Waals surface area contributed by atoms with Gasteiger partial charge in [0.25, 0.3) is 0 Å². The summed E-state index contributed by atoms with van der Waals surface area (Å²) in [7, 11) is 3.95. The van der Waals surface area contributed by atoms with Gasteiger partial charge in [-0.3, -0.25) is 4.90 Å². The largest absolute Gasteiger partial charge is 0.493 e. The molecule has 1 aromatic heterocycles. The van der Waals surface area contributed by atoms with E-state index in [0.29, 0.717) is 12.5 Å². The lowest BCUT2D eigenvalue weighted by atomic mass is 9.78. The Morgan fingerprint density at radius 2 is 1.94 bits per heavy atom. The number of benzene rings is 1. The minimum Gasteiger partial charge on any atom is -0.493 e. The highest BCUT2D eigenvalue weighted by molar-refractivity contribution is 5.70. The zero-order valence-electron chi connectivity index (χ0n) is 20.0. The summed E-state index contributed by atoms with van der Waals surface area (Å²) >= 11 is 0. The quantitative estimate of drug-likeness (QED) is 0.757. The van der Waals surface area contributed by atoms with Crippen molar-refractivity contribution in [3.05, 3.63) is 42.1 Å². The van der Waals surface area contributed by atoms with Crippen molar-refractivity contribution in [1.29, 1.82) is 0 Å². The number of nitrogens with zero attached hydrogens (tertiary/aromatic N) is 3. The molecule has 4 aliphatic heterocycles. The predicted octanol–water partition coefficient (Wildman–Crippen LogP) is 4.09. The summed E-state index contributed by atoms with van der Waals surface area (Å²) in [5.41, 5.74) is 2.80.